The maximum atomic E-state index is 11.9. The van der Waals surface area contributed by atoms with Gasteiger partial charge in [0.1, 0.15) is 0 Å². The zero-order valence-corrected chi connectivity index (χ0v) is 12.2. The SMILES string of the molecule is O=C(CCn1[nH]c(=O)ccc1=O)NC[C@@H]1C[C@@H]2O[C@H]1[C@H]1C[C@H]12. The first-order chi connectivity index (χ1) is 10.6. The van der Waals surface area contributed by atoms with E-state index in [4.69, 9.17) is 4.74 Å². The standard InChI is InChI=1S/C15H19N3O4/c19-12(3-4-18-14(21)2-1-13(20)17-18)16-7-8-5-11-9-6-10(9)15(8)22-11/h1-2,8-11,15H,3-7H2,(H,16,19)(H,17,20)/t8-,9+,10-,11-,15+/m0/s1. The molecule has 5 atom stereocenters. The highest BCUT2D eigenvalue weighted by Gasteiger charge is 2.62. The number of carbonyl (C=O) groups excluding carboxylic acids is 1. The number of fused-ring (bicyclic) bond motifs is 5. The van der Waals surface area contributed by atoms with Gasteiger partial charge >= 0.3 is 0 Å². The molecule has 1 saturated carbocycles. The zero-order chi connectivity index (χ0) is 15.3. The molecular weight excluding hydrogens is 286 g/mol. The van der Waals surface area contributed by atoms with Crippen molar-refractivity contribution >= 4 is 5.91 Å². The molecule has 2 saturated heterocycles. The maximum Gasteiger partial charge on any atom is 0.265 e. The molecule has 3 fully saturated rings. The van der Waals surface area contributed by atoms with Crippen LogP contribution in [0.4, 0.5) is 0 Å². The number of H-pyrrole nitrogens is 1. The molecule has 2 N–H and O–H groups in total. The predicted octanol–water partition coefficient (Wildman–Crippen LogP) is -0.534. The fourth-order valence-corrected chi connectivity index (χ4v) is 3.94. The third kappa shape index (κ3) is 2.39. The number of nitrogens with one attached hydrogen (secondary N) is 2. The van der Waals surface area contributed by atoms with Gasteiger partial charge in [-0.15, -0.1) is 0 Å². The molecule has 7 heteroatoms. The molecule has 0 spiro atoms. The summed E-state index contributed by atoms with van der Waals surface area (Å²) >= 11 is 0. The molecule has 1 aliphatic carbocycles. The van der Waals surface area contributed by atoms with Crippen LogP contribution in [0.25, 0.3) is 0 Å². The van der Waals surface area contributed by atoms with Crippen molar-refractivity contribution in [3.8, 4) is 0 Å². The normalized spacial score (nSPS) is 34.5. The van der Waals surface area contributed by atoms with Crippen LogP contribution in [0.15, 0.2) is 21.7 Å². The minimum Gasteiger partial charge on any atom is -0.374 e. The topological polar surface area (TPSA) is 93.2 Å². The number of amides is 1. The lowest BCUT2D eigenvalue weighted by atomic mass is 9.89. The number of aromatic amines is 1. The summed E-state index contributed by atoms with van der Waals surface area (Å²) in [5.41, 5.74) is -0.660. The highest BCUT2D eigenvalue weighted by Crippen LogP contribution is 2.60. The van der Waals surface area contributed by atoms with Gasteiger partial charge in [0.25, 0.3) is 11.1 Å². The van der Waals surface area contributed by atoms with E-state index in [2.05, 4.69) is 10.4 Å². The van der Waals surface area contributed by atoms with Crippen molar-refractivity contribution in [3.05, 3.63) is 32.8 Å². The summed E-state index contributed by atoms with van der Waals surface area (Å²) in [5.74, 6) is 1.84. The number of aromatic nitrogens is 2. The lowest BCUT2D eigenvalue weighted by Gasteiger charge is -2.19. The van der Waals surface area contributed by atoms with Gasteiger partial charge in [0.15, 0.2) is 0 Å². The van der Waals surface area contributed by atoms with Crippen molar-refractivity contribution in [1.82, 2.24) is 15.1 Å². The van der Waals surface area contributed by atoms with Crippen molar-refractivity contribution in [2.75, 3.05) is 6.54 Å². The van der Waals surface area contributed by atoms with E-state index in [9.17, 15) is 14.4 Å². The molecule has 4 rings (SSSR count). The summed E-state index contributed by atoms with van der Waals surface area (Å²) in [6, 6.07) is 2.38. The van der Waals surface area contributed by atoms with Crippen LogP contribution in [0, 0.1) is 17.8 Å². The Morgan fingerprint density at radius 1 is 1.32 bits per heavy atom. The lowest BCUT2D eigenvalue weighted by molar-refractivity contribution is -0.121. The quantitative estimate of drug-likeness (QED) is 0.764. The van der Waals surface area contributed by atoms with Crippen LogP contribution in [0.5, 0.6) is 0 Å². The van der Waals surface area contributed by atoms with Crippen LogP contribution in [0.3, 0.4) is 0 Å². The smallest absolute Gasteiger partial charge is 0.265 e. The molecule has 0 aromatic carbocycles. The Hall–Kier alpha value is -1.89. The van der Waals surface area contributed by atoms with E-state index in [0.29, 0.717) is 24.7 Å². The molecule has 3 heterocycles. The fraction of sp³-hybridized carbons (Fsp3) is 0.667. The molecule has 1 amide bonds. The molecule has 0 unspecified atom stereocenters. The second-order valence-corrected chi connectivity index (χ2v) is 6.55. The molecule has 3 aliphatic rings. The molecule has 2 bridgehead atoms. The molecule has 22 heavy (non-hydrogen) atoms. The highest BCUT2D eigenvalue weighted by atomic mass is 16.5. The number of carbonyl (C=O) groups is 1. The number of aryl methyl sites for hydroxylation is 1. The van der Waals surface area contributed by atoms with Gasteiger partial charge < -0.3 is 10.1 Å². The fourth-order valence-electron chi connectivity index (χ4n) is 3.94. The van der Waals surface area contributed by atoms with E-state index in [1.807, 2.05) is 0 Å². The first kappa shape index (κ1) is 13.8. The van der Waals surface area contributed by atoms with Gasteiger partial charge in [0.2, 0.25) is 5.91 Å². The number of hydrogen-bond acceptors (Lipinski definition) is 4. The molecule has 7 nitrogen and oxygen atoms in total. The summed E-state index contributed by atoms with van der Waals surface area (Å²) in [6.07, 6.45) is 3.28. The largest absolute Gasteiger partial charge is 0.374 e. The van der Waals surface area contributed by atoms with Crippen molar-refractivity contribution < 1.29 is 9.53 Å². The Bertz CT molecular complexity index is 709. The van der Waals surface area contributed by atoms with E-state index in [0.717, 1.165) is 22.9 Å². The molecule has 0 radical (unpaired) electrons. The number of ether oxygens (including phenoxy) is 1. The molecule has 1 aromatic heterocycles. The number of nitrogens with zero attached hydrogens (tertiary/aromatic N) is 1. The average Bonchev–Trinajstić information content (AvgIpc) is 3.12. The van der Waals surface area contributed by atoms with Crippen LogP contribution in [-0.2, 0) is 16.1 Å². The monoisotopic (exact) mass is 305 g/mol. The third-order valence-corrected chi connectivity index (χ3v) is 5.13. The average molecular weight is 305 g/mol. The predicted molar refractivity (Wildman–Crippen MR) is 77.3 cm³/mol. The van der Waals surface area contributed by atoms with Crippen LogP contribution in [0.1, 0.15) is 19.3 Å². The first-order valence-electron chi connectivity index (χ1n) is 7.84. The van der Waals surface area contributed by atoms with Crippen LogP contribution in [0.2, 0.25) is 0 Å². The molecule has 118 valence electrons. The minimum atomic E-state index is -0.349. The van der Waals surface area contributed by atoms with E-state index < -0.39 is 0 Å². The van der Waals surface area contributed by atoms with Gasteiger partial charge in [0, 0.05) is 31.0 Å². The van der Waals surface area contributed by atoms with E-state index in [1.54, 1.807) is 0 Å². The second-order valence-electron chi connectivity index (χ2n) is 6.55. The third-order valence-electron chi connectivity index (χ3n) is 5.13. The van der Waals surface area contributed by atoms with E-state index in [1.165, 1.54) is 18.6 Å². The first-order valence-corrected chi connectivity index (χ1v) is 7.84. The number of rotatable bonds is 5. The molecule has 2 aliphatic heterocycles. The van der Waals surface area contributed by atoms with Gasteiger partial charge in [-0.2, -0.15) is 0 Å². The number of hydrogen-bond donors (Lipinski definition) is 2. The highest BCUT2D eigenvalue weighted by molar-refractivity contribution is 5.75. The van der Waals surface area contributed by atoms with Crippen molar-refractivity contribution in [3.63, 3.8) is 0 Å². The Labute approximate surface area is 126 Å². The summed E-state index contributed by atoms with van der Waals surface area (Å²) in [7, 11) is 0. The minimum absolute atomic E-state index is 0.105. The van der Waals surface area contributed by atoms with Crippen LogP contribution in [-0.4, -0.2) is 34.4 Å². The van der Waals surface area contributed by atoms with Gasteiger partial charge in [-0.25, -0.2) is 4.68 Å². The summed E-state index contributed by atoms with van der Waals surface area (Å²) in [6.45, 7) is 0.822. The van der Waals surface area contributed by atoms with Crippen molar-refractivity contribution in [2.24, 2.45) is 17.8 Å². The summed E-state index contributed by atoms with van der Waals surface area (Å²) in [4.78, 5) is 34.6. The zero-order valence-electron chi connectivity index (χ0n) is 12.2. The Morgan fingerprint density at radius 2 is 2.18 bits per heavy atom. The van der Waals surface area contributed by atoms with Crippen molar-refractivity contribution in [1.29, 1.82) is 0 Å². The van der Waals surface area contributed by atoms with Crippen LogP contribution >= 0.6 is 0 Å². The van der Waals surface area contributed by atoms with Gasteiger partial charge in [-0.3, -0.25) is 19.5 Å². The summed E-state index contributed by atoms with van der Waals surface area (Å²) < 4.78 is 7.06. The maximum absolute atomic E-state index is 11.9. The van der Waals surface area contributed by atoms with Gasteiger partial charge in [-0.05, 0) is 24.7 Å². The van der Waals surface area contributed by atoms with E-state index in [-0.39, 0.29) is 30.0 Å². The Balaban J connectivity index is 1.26. The second kappa shape index (κ2) is 5.08. The summed E-state index contributed by atoms with van der Waals surface area (Å²) in [5, 5.41) is 5.34. The Kier molecular flexibility index (Phi) is 3.18. The van der Waals surface area contributed by atoms with E-state index >= 15 is 0 Å². The molecular formula is C15H19N3O4. The Morgan fingerprint density at radius 3 is 2.95 bits per heavy atom. The van der Waals surface area contributed by atoms with Crippen molar-refractivity contribution in [2.45, 2.75) is 38.0 Å². The molecule has 1 aromatic rings. The lowest BCUT2D eigenvalue weighted by Crippen LogP contribution is -2.36. The van der Waals surface area contributed by atoms with Gasteiger partial charge in [-0.1, -0.05) is 0 Å². The van der Waals surface area contributed by atoms with Gasteiger partial charge in [0.05, 0.1) is 18.8 Å². The van der Waals surface area contributed by atoms with Crippen LogP contribution < -0.4 is 16.4 Å².